The van der Waals surface area contributed by atoms with E-state index in [0.717, 1.165) is 37.3 Å². The van der Waals surface area contributed by atoms with Crippen LogP contribution < -0.4 is 17.0 Å². The molecule has 0 aliphatic carbocycles. The minimum Gasteiger partial charge on any atom is -1.00 e. The maximum atomic E-state index is 5.42. The average molecular weight is 388 g/mol. The molecule has 1 fully saturated rings. The average Bonchev–Trinajstić information content (AvgIpc) is 2.25. The number of halogens is 2. The lowest BCUT2D eigenvalue weighted by Crippen LogP contribution is -3.00. The zero-order valence-electron chi connectivity index (χ0n) is 9.27. The predicted molar refractivity (Wildman–Crippen MR) is 67.3 cm³/mol. The molecule has 0 radical (unpaired) electrons. The van der Waals surface area contributed by atoms with E-state index in [4.69, 9.17) is 4.74 Å². The van der Waals surface area contributed by atoms with Gasteiger partial charge in [0.1, 0.15) is 19.6 Å². The van der Waals surface area contributed by atoms with E-state index in [1.54, 1.807) is 0 Å². The number of hydrogen-bond donors (Lipinski definition) is 0. The molecule has 0 aromatic carbocycles. The van der Waals surface area contributed by atoms with Crippen molar-refractivity contribution in [3.05, 3.63) is 0 Å². The molecule has 1 aliphatic heterocycles. The minimum absolute atomic E-state index is 0. The smallest absolute Gasteiger partial charge is 0.141 e. The number of hydrogen-bond acceptors (Lipinski definition) is 1. The Morgan fingerprint density at radius 2 is 2.00 bits per heavy atom. The van der Waals surface area contributed by atoms with Crippen molar-refractivity contribution in [3.8, 4) is 9.85 Å². The molecule has 88 valence electrons. The molecule has 0 amide bonds. The Balaban J connectivity index is 0.00000196. The van der Waals surface area contributed by atoms with Crippen LogP contribution in [0, 0.1) is 9.85 Å². The first-order chi connectivity index (χ1) is 6.83. The molecular weight excluding hydrogens is 369 g/mol. The molecule has 15 heavy (non-hydrogen) atoms. The second-order valence-corrected chi connectivity index (χ2v) is 4.45. The Bertz CT molecular complexity index is 218. The number of ether oxygens (including phenoxy) is 1. The van der Waals surface area contributed by atoms with E-state index in [2.05, 4.69) is 39.4 Å². The molecule has 0 spiro atoms. The van der Waals surface area contributed by atoms with Crippen molar-refractivity contribution in [3.63, 3.8) is 0 Å². The number of unbranched alkanes of at least 4 members (excludes halogenated alkanes) is 1. The summed E-state index contributed by atoms with van der Waals surface area (Å²) < 4.78 is 9.56. The molecule has 0 N–H and O–H groups in total. The third-order valence-electron chi connectivity index (χ3n) is 2.89. The van der Waals surface area contributed by atoms with Crippen molar-refractivity contribution >= 4 is 22.6 Å². The van der Waals surface area contributed by atoms with Crippen LogP contribution in [0.2, 0.25) is 0 Å². The van der Waals surface area contributed by atoms with Crippen molar-refractivity contribution in [1.82, 2.24) is 0 Å². The van der Waals surface area contributed by atoms with E-state index < -0.39 is 0 Å². The monoisotopic (exact) mass is 387 g/mol. The number of rotatable bonds is 4. The normalized spacial score (nSPS) is 18.5. The van der Waals surface area contributed by atoms with Gasteiger partial charge in [0.05, 0.1) is 19.8 Å². The van der Waals surface area contributed by atoms with Gasteiger partial charge in [0.25, 0.3) is 0 Å². The zero-order valence-corrected chi connectivity index (χ0v) is 13.0. The van der Waals surface area contributed by atoms with Crippen LogP contribution in [0.25, 0.3) is 0 Å². The summed E-state index contributed by atoms with van der Waals surface area (Å²) in [6.45, 7) is 8.63. The highest BCUT2D eigenvalue weighted by Gasteiger charge is 2.28. The standard InChI is InChI=1S/C11H19INO.BrH/c1-2-3-6-13(7-4-5-12)8-10-14-11-9-13;/h2-3,6-11H2,1H3;1H/q+1;/p-1. The first kappa shape index (κ1) is 15.7. The van der Waals surface area contributed by atoms with Crippen LogP contribution in [0.1, 0.15) is 19.8 Å². The predicted octanol–water partition coefficient (Wildman–Crippen LogP) is -0.967. The molecule has 0 aromatic heterocycles. The van der Waals surface area contributed by atoms with Crippen LogP contribution in [0.15, 0.2) is 0 Å². The lowest BCUT2D eigenvalue weighted by Gasteiger charge is -2.39. The van der Waals surface area contributed by atoms with Crippen molar-refractivity contribution < 1.29 is 26.2 Å². The molecule has 1 aliphatic rings. The molecule has 1 rings (SSSR count). The van der Waals surface area contributed by atoms with Gasteiger partial charge in [-0.2, -0.15) is 0 Å². The summed E-state index contributed by atoms with van der Waals surface area (Å²) in [4.78, 5) is 0. The summed E-state index contributed by atoms with van der Waals surface area (Å²) >= 11 is 2.13. The molecule has 0 bridgehead atoms. The number of quaternary nitrogens is 1. The fourth-order valence-electron chi connectivity index (χ4n) is 1.88. The van der Waals surface area contributed by atoms with Gasteiger partial charge in [-0.05, 0) is 16.3 Å². The summed E-state index contributed by atoms with van der Waals surface area (Å²) in [5, 5.41) is 0. The number of nitrogens with zero attached hydrogens (tertiary/aromatic N) is 1. The highest BCUT2D eigenvalue weighted by Crippen LogP contribution is 2.12. The molecule has 4 heteroatoms. The summed E-state index contributed by atoms with van der Waals surface area (Å²) in [6, 6.07) is 0. The van der Waals surface area contributed by atoms with Gasteiger partial charge in [-0.3, -0.25) is 0 Å². The Labute approximate surface area is 117 Å². The SMILES string of the molecule is CCCC[N+]1(CC#CI)CCOCC1.[Br-]. The van der Waals surface area contributed by atoms with Crippen molar-refractivity contribution in [2.24, 2.45) is 0 Å². The Kier molecular flexibility index (Phi) is 9.20. The van der Waals surface area contributed by atoms with Gasteiger partial charge in [0.15, 0.2) is 0 Å². The summed E-state index contributed by atoms with van der Waals surface area (Å²) in [6.07, 6.45) is 2.58. The third-order valence-corrected chi connectivity index (χ3v) is 3.27. The van der Waals surface area contributed by atoms with Crippen LogP contribution in [0.3, 0.4) is 0 Å². The van der Waals surface area contributed by atoms with Gasteiger partial charge in [-0.15, -0.1) is 0 Å². The maximum absolute atomic E-state index is 5.42. The van der Waals surface area contributed by atoms with Gasteiger partial charge in [-0.1, -0.05) is 13.3 Å². The second kappa shape index (κ2) is 8.80. The topological polar surface area (TPSA) is 9.23 Å². The van der Waals surface area contributed by atoms with E-state index in [-0.39, 0.29) is 17.0 Å². The van der Waals surface area contributed by atoms with Gasteiger partial charge in [0.2, 0.25) is 0 Å². The molecule has 0 atom stereocenters. The van der Waals surface area contributed by atoms with E-state index in [1.165, 1.54) is 19.4 Å². The van der Waals surface area contributed by atoms with Gasteiger partial charge in [0, 0.05) is 22.6 Å². The highest BCUT2D eigenvalue weighted by atomic mass is 127. The van der Waals surface area contributed by atoms with E-state index >= 15 is 0 Å². The van der Waals surface area contributed by atoms with Crippen LogP contribution in [-0.4, -0.2) is 43.9 Å². The quantitative estimate of drug-likeness (QED) is 0.343. The van der Waals surface area contributed by atoms with E-state index in [0.29, 0.717) is 0 Å². The third kappa shape index (κ3) is 5.53. The Morgan fingerprint density at radius 3 is 2.53 bits per heavy atom. The largest absolute Gasteiger partial charge is 1.00 e. The van der Waals surface area contributed by atoms with E-state index in [9.17, 15) is 0 Å². The molecule has 1 heterocycles. The second-order valence-electron chi connectivity index (χ2n) is 3.91. The van der Waals surface area contributed by atoms with Crippen LogP contribution >= 0.6 is 22.6 Å². The van der Waals surface area contributed by atoms with Crippen molar-refractivity contribution in [2.45, 2.75) is 19.8 Å². The first-order valence-electron chi connectivity index (χ1n) is 5.34. The van der Waals surface area contributed by atoms with Gasteiger partial charge >= 0.3 is 0 Å². The molecule has 0 aromatic rings. The van der Waals surface area contributed by atoms with Gasteiger partial charge < -0.3 is 26.2 Å². The van der Waals surface area contributed by atoms with Crippen LogP contribution in [0.5, 0.6) is 0 Å². The minimum atomic E-state index is 0. The Morgan fingerprint density at radius 1 is 1.33 bits per heavy atom. The molecule has 1 saturated heterocycles. The fraction of sp³-hybridized carbons (Fsp3) is 0.818. The van der Waals surface area contributed by atoms with E-state index in [1.807, 2.05) is 0 Å². The molecule has 2 nitrogen and oxygen atoms in total. The Hall–Kier alpha value is 0.690. The lowest BCUT2D eigenvalue weighted by atomic mass is 10.2. The summed E-state index contributed by atoms with van der Waals surface area (Å²) in [5.41, 5.74) is 0. The zero-order chi connectivity index (χ0) is 10.3. The fourth-order valence-corrected chi connectivity index (χ4v) is 2.05. The van der Waals surface area contributed by atoms with Crippen molar-refractivity contribution in [1.29, 1.82) is 0 Å². The lowest BCUT2D eigenvalue weighted by molar-refractivity contribution is -0.928. The summed E-state index contributed by atoms with van der Waals surface area (Å²) in [5.74, 6) is 3.22. The van der Waals surface area contributed by atoms with Crippen LogP contribution in [-0.2, 0) is 4.74 Å². The highest BCUT2D eigenvalue weighted by molar-refractivity contribution is 14.1. The molecular formula is C11H19BrINO. The van der Waals surface area contributed by atoms with Gasteiger partial charge in [-0.25, -0.2) is 0 Å². The molecule has 0 unspecified atom stereocenters. The molecule has 0 saturated carbocycles. The number of morpholine rings is 1. The first-order valence-corrected chi connectivity index (χ1v) is 6.42. The van der Waals surface area contributed by atoms with Crippen LogP contribution in [0.4, 0.5) is 0 Å². The summed E-state index contributed by atoms with van der Waals surface area (Å²) in [7, 11) is 0. The van der Waals surface area contributed by atoms with Crippen molar-refractivity contribution in [2.75, 3.05) is 39.4 Å². The maximum Gasteiger partial charge on any atom is 0.141 e.